The number of nitrogens with zero attached hydrogens (tertiary/aromatic N) is 2. The Hall–Kier alpha value is -1.70. The molecule has 0 aliphatic carbocycles. The average molecular weight is 351 g/mol. The van der Waals surface area contributed by atoms with E-state index in [0.29, 0.717) is 38.6 Å². The molecule has 1 aromatic carbocycles. The maximum Gasteiger partial charge on any atom is 0.243 e. The van der Waals surface area contributed by atoms with E-state index in [1.807, 2.05) is 30.3 Å². The Morgan fingerprint density at radius 2 is 2.00 bits per heavy atom. The van der Waals surface area contributed by atoms with Gasteiger partial charge in [0.2, 0.25) is 10.0 Å². The summed E-state index contributed by atoms with van der Waals surface area (Å²) in [7, 11) is -3.52. The predicted molar refractivity (Wildman–Crippen MR) is 93.2 cm³/mol. The molecule has 2 rings (SSSR count). The maximum absolute atomic E-state index is 12.2. The molecule has 6 nitrogen and oxygen atoms in total. The summed E-state index contributed by atoms with van der Waals surface area (Å²) >= 11 is 0. The van der Waals surface area contributed by atoms with Crippen LogP contribution in [0.25, 0.3) is 0 Å². The van der Waals surface area contributed by atoms with E-state index in [2.05, 4.69) is 23.7 Å². The summed E-state index contributed by atoms with van der Waals surface area (Å²) in [6, 6.07) is 9.78. The number of ether oxygens (including phenoxy) is 1. The van der Waals surface area contributed by atoms with Crippen molar-refractivity contribution in [2.75, 3.05) is 19.8 Å². The van der Waals surface area contributed by atoms with Crippen molar-refractivity contribution in [1.29, 1.82) is 0 Å². The number of hydrogen-bond donors (Lipinski definition) is 1. The quantitative estimate of drug-likeness (QED) is 0.667. The molecule has 7 heteroatoms. The zero-order valence-electron chi connectivity index (χ0n) is 14.2. The molecular formula is C17H25N3O3S. The third-order valence-electron chi connectivity index (χ3n) is 3.32. The van der Waals surface area contributed by atoms with E-state index < -0.39 is 10.0 Å². The Morgan fingerprint density at radius 1 is 1.25 bits per heavy atom. The van der Waals surface area contributed by atoms with E-state index in [-0.39, 0.29) is 4.90 Å². The highest BCUT2D eigenvalue weighted by Crippen LogP contribution is 2.09. The van der Waals surface area contributed by atoms with Crippen LogP contribution in [-0.2, 0) is 21.3 Å². The van der Waals surface area contributed by atoms with Crippen molar-refractivity contribution in [2.24, 2.45) is 5.92 Å². The van der Waals surface area contributed by atoms with Gasteiger partial charge in [0.05, 0.1) is 12.7 Å². The van der Waals surface area contributed by atoms with Gasteiger partial charge in [-0.25, -0.2) is 13.1 Å². The van der Waals surface area contributed by atoms with Gasteiger partial charge in [-0.05, 0) is 17.9 Å². The smallest absolute Gasteiger partial charge is 0.243 e. The van der Waals surface area contributed by atoms with Crippen LogP contribution < -0.4 is 4.72 Å². The van der Waals surface area contributed by atoms with Crippen molar-refractivity contribution in [3.05, 3.63) is 48.3 Å². The molecule has 0 amide bonds. The molecule has 0 fully saturated rings. The van der Waals surface area contributed by atoms with Gasteiger partial charge in [0.25, 0.3) is 0 Å². The number of aromatic nitrogens is 2. The zero-order chi connectivity index (χ0) is 17.4. The second kappa shape index (κ2) is 8.96. The Bertz CT molecular complexity index is 712. The number of benzene rings is 1. The molecule has 2 aromatic rings. The largest absolute Gasteiger partial charge is 0.381 e. The summed E-state index contributed by atoms with van der Waals surface area (Å²) in [5, 5.41) is 4.13. The van der Waals surface area contributed by atoms with Crippen LogP contribution in [0.4, 0.5) is 0 Å². The van der Waals surface area contributed by atoms with E-state index in [0.717, 1.165) is 5.56 Å². The molecule has 24 heavy (non-hydrogen) atoms. The summed E-state index contributed by atoms with van der Waals surface area (Å²) in [6.07, 6.45) is 3.56. The Morgan fingerprint density at radius 3 is 2.71 bits per heavy atom. The molecule has 0 bridgehead atoms. The Balaban J connectivity index is 1.82. The third kappa shape index (κ3) is 6.07. The van der Waals surface area contributed by atoms with E-state index in [1.54, 1.807) is 10.9 Å². The van der Waals surface area contributed by atoms with Crippen molar-refractivity contribution < 1.29 is 13.2 Å². The number of nitrogens with one attached hydrogen (secondary N) is 1. The molecule has 0 aliphatic rings. The molecule has 1 N–H and O–H groups in total. The van der Waals surface area contributed by atoms with Crippen LogP contribution in [0.5, 0.6) is 0 Å². The normalized spacial score (nSPS) is 12.0. The van der Waals surface area contributed by atoms with Crippen molar-refractivity contribution in [3.63, 3.8) is 0 Å². The standard InChI is InChI=1S/C17H25N3O3S/c1-15(2)14-23-10-6-9-19-24(21,22)17-11-18-20(13-17)12-16-7-4-3-5-8-16/h3-5,7-8,11,13,15,19H,6,9-10,12,14H2,1-2H3. The van der Waals surface area contributed by atoms with Crippen LogP contribution in [-0.4, -0.2) is 38.0 Å². The summed E-state index contributed by atoms with van der Waals surface area (Å²) in [5.41, 5.74) is 1.07. The first-order valence-corrected chi connectivity index (χ1v) is 9.59. The summed E-state index contributed by atoms with van der Waals surface area (Å²) in [6.45, 7) is 6.29. The van der Waals surface area contributed by atoms with E-state index in [1.165, 1.54) is 6.20 Å². The first kappa shape index (κ1) is 18.6. The second-order valence-corrected chi connectivity index (χ2v) is 7.85. The van der Waals surface area contributed by atoms with Crippen LogP contribution >= 0.6 is 0 Å². The van der Waals surface area contributed by atoms with Crippen molar-refractivity contribution in [1.82, 2.24) is 14.5 Å². The molecule has 0 spiro atoms. The number of hydrogen-bond acceptors (Lipinski definition) is 4. The highest BCUT2D eigenvalue weighted by molar-refractivity contribution is 7.89. The third-order valence-corrected chi connectivity index (χ3v) is 4.73. The predicted octanol–water partition coefficient (Wildman–Crippen LogP) is 2.27. The van der Waals surface area contributed by atoms with Gasteiger partial charge in [0.15, 0.2) is 0 Å². The summed E-state index contributed by atoms with van der Waals surface area (Å²) in [5.74, 6) is 0.483. The molecule has 0 aliphatic heterocycles. The molecule has 1 aromatic heterocycles. The lowest BCUT2D eigenvalue weighted by molar-refractivity contribution is 0.108. The van der Waals surface area contributed by atoms with Crippen LogP contribution in [0.1, 0.15) is 25.8 Å². The van der Waals surface area contributed by atoms with Crippen molar-refractivity contribution in [3.8, 4) is 0 Å². The molecule has 0 radical (unpaired) electrons. The number of rotatable bonds is 10. The molecule has 1 heterocycles. The fourth-order valence-electron chi connectivity index (χ4n) is 2.12. The van der Waals surface area contributed by atoms with Gasteiger partial charge >= 0.3 is 0 Å². The lowest BCUT2D eigenvalue weighted by atomic mass is 10.2. The van der Waals surface area contributed by atoms with Crippen molar-refractivity contribution in [2.45, 2.75) is 31.7 Å². The average Bonchev–Trinajstić information content (AvgIpc) is 3.01. The monoisotopic (exact) mass is 351 g/mol. The SMILES string of the molecule is CC(C)COCCCNS(=O)(=O)c1cnn(Cc2ccccc2)c1. The molecular weight excluding hydrogens is 326 g/mol. The molecule has 132 valence electrons. The first-order valence-electron chi connectivity index (χ1n) is 8.11. The van der Waals surface area contributed by atoms with Gasteiger partial charge in [-0.3, -0.25) is 4.68 Å². The molecule has 0 saturated heterocycles. The highest BCUT2D eigenvalue weighted by Gasteiger charge is 2.15. The van der Waals surface area contributed by atoms with Crippen LogP contribution in [0.15, 0.2) is 47.6 Å². The summed E-state index contributed by atoms with van der Waals surface area (Å²) < 4.78 is 34.1. The first-order chi connectivity index (χ1) is 11.5. The molecule has 0 atom stereocenters. The summed E-state index contributed by atoms with van der Waals surface area (Å²) in [4.78, 5) is 0.182. The zero-order valence-corrected chi connectivity index (χ0v) is 15.0. The second-order valence-electron chi connectivity index (χ2n) is 6.08. The Labute approximate surface area is 143 Å². The van der Waals surface area contributed by atoms with Gasteiger partial charge in [0, 0.05) is 26.0 Å². The van der Waals surface area contributed by atoms with E-state index in [9.17, 15) is 8.42 Å². The van der Waals surface area contributed by atoms with E-state index >= 15 is 0 Å². The molecule has 0 unspecified atom stereocenters. The minimum atomic E-state index is -3.52. The van der Waals surface area contributed by atoms with Crippen LogP contribution in [0, 0.1) is 5.92 Å². The minimum absolute atomic E-state index is 0.182. The number of sulfonamides is 1. The van der Waals surface area contributed by atoms with Gasteiger partial charge in [-0.15, -0.1) is 0 Å². The topological polar surface area (TPSA) is 73.2 Å². The van der Waals surface area contributed by atoms with Crippen LogP contribution in [0.3, 0.4) is 0 Å². The van der Waals surface area contributed by atoms with Crippen molar-refractivity contribution >= 4 is 10.0 Å². The lowest BCUT2D eigenvalue weighted by Gasteiger charge is -2.07. The van der Waals surface area contributed by atoms with Crippen LogP contribution in [0.2, 0.25) is 0 Å². The van der Waals surface area contributed by atoms with Gasteiger partial charge in [-0.1, -0.05) is 44.2 Å². The lowest BCUT2D eigenvalue weighted by Crippen LogP contribution is -2.25. The fraction of sp³-hybridized carbons (Fsp3) is 0.471. The minimum Gasteiger partial charge on any atom is -0.381 e. The maximum atomic E-state index is 12.2. The highest BCUT2D eigenvalue weighted by atomic mass is 32.2. The molecule has 0 saturated carbocycles. The Kier molecular flexibility index (Phi) is 6.96. The van der Waals surface area contributed by atoms with Gasteiger partial charge in [0.1, 0.15) is 4.90 Å². The van der Waals surface area contributed by atoms with E-state index in [4.69, 9.17) is 4.74 Å². The van der Waals surface area contributed by atoms with Gasteiger partial charge in [-0.2, -0.15) is 5.10 Å². The van der Waals surface area contributed by atoms with Gasteiger partial charge < -0.3 is 4.74 Å². The fourth-order valence-corrected chi connectivity index (χ4v) is 3.15.